The molecule has 1 aliphatic rings. The smallest absolute Gasteiger partial charge is 0.141 e. The van der Waals surface area contributed by atoms with Crippen LogP contribution in [0.3, 0.4) is 0 Å². The molecule has 0 fully saturated rings. The molecule has 1 unspecified atom stereocenters. The molecule has 1 aliphatic heterocycles. The Labute approximate surface area is 105 Å². The minimum Gasteiger partial charge on any atom is -0.327 e. The zero-order valence-electron chi connectivity index (χ0n) is 9.44. The summed E-state index contributed by atoms with van der Waals surface area (Å²) < 4.78 is 2.19. The van der Waals surface area contributed by atoms with Gasteiger partial charge in [0.25, 0.3) is 0 Å². The van der Waals surface area contributed by atoms with Gasteiger partial charge in [0.05, 0.1) is 5.02 Å². The highest BCUT2D eigenvalue weighted by Crippen LogP contribution is 2.29. The molecule has 0 radical (unpaired) electrons. The molecule has 1 atom stereocenters. The molecular formula is C13H14ClN3. The van der Waals surface area contributed by atoms with Gasteiger partial charge in [-0.25, -0.2) is 4.98 Å². The van der Waals surface area contributed by atoms with E-state index in [4.69, 9.17) is 17.3 Å². The molecule has 2 heterocycles. The number of aromatic nitrogens is 2. The van der Waals surface area contributed by atoms with Crippen molar-refractivity contribution in [3.05, 3.63) is 41.2 Å². The van der Waals surface area contributed by atoms with Crippen LogP contribution in [0.5, 0.6) is 0 Å². The summed E-state index contributed by atoms with van der Waals surface area (Å²) in [6.45, 7) is 0.829. The molecule has 2 N–H and O–H groups in total. The predicted octanol–water partition coefficient (Wildman–Crippen LogP) is 2.48. The fourth-order valence-corrected chi connectivity index (χ4v) is 2.55. The average molecular weight is 248 g/mol. The van der Waals surface area contributed by atoms with Crippen molar-refractivity contribution < 1.29 is 0 Å². The second-order valence-electron chi connectivity index (χ2n) is 4.46. The first-order chi connectivity index (χ1) is 8.25. The maximum atomic E-state index is 6.21. The van der Waals surface area contributed by atoms with Crippen LogP contribution in [0.15, 0.2) is 30.5 Å². The summed E-state index contributed by atoms with van der Waals surface area (Å²) in [4.78, 5) is 4.49. The maximum absolute atomic E-state index is 6.21. The lowest BCUT2D eigenvalue weighted by molar-refractivity contribution is 0.463. The van der Waals surface area contributed by atoms with Crippen molar-refractivity contribution in [1.82, 2.24) is 9.55 Å². The summed E-state index contributed by atoms with van der Waals surface area (Å²) in [7, 11) is 0. The van der Waals surface area contributed by atoms with E-state index in [9.17, 15) is 0 Å². The standard InChI is InChI=1S/C13H14ClN3/c14-12-4-2-1-3-11(12)13-16-7-10-6-5-9(15)8-17(10)13/h1-4,7,9H,5-6,8,15H2. The number of benzene rings is 1. The summed E-state index contributed by atoms with van der Waals surface area (Å²) in [6, 6.07) is 8.01. The molecule has 3 nitrogen and oxygen atoms in total. The normalized spacial score (nSPS) is 19.1. The van der Waals surface area contributed by atoms with Crippen molar-refractivity contribution in [2.24, 2.45) is 5.73 Å². The Bertz CT molecular complexity index is 547. The van der Waals surface area contributed by atoms with Crippen molar-refractivity contribution in [3.63, 3.8) is 0 Å². The lowest BCUT2D eigenvalue weighted by atomic mass is 10.1. The first-order valence-corrected chi connectivity index (χ1v) is 6.18. The van der Waals surface area contributed by atoms with Crippen LogP contribution in [0, 0.1) is 0 Å². The number of fused-ring (bicyclic) bond motifs is 1. The Balaban J connectivity index is 2.11. The van der Waals surface area contributed by atoms with E-state index in [-0.39, 0.29) is 6.04 Å². The molecule has 0 spiro atoms. The minimum absolute atomic E-state index is 0.220. The molecule has 0 saturated heterocycles. The quantitative estimate of drug-likeness (QED) is 0.841. The van der Waals surface area contributed by atoms with E-state index >= 15 is 0 Å². The summed E-state index contributed by atoms with van der Waals surface area (Å²) in [6.07, 6.45) is 3.97. The van der Waals surface area contributed by atoms with Gasteiger partial charge in [-0.1, -0.05) is 23.7 Å². The van der Waals surface area contributed by atoms with Gasteiger partial charge in [0.2, 0.25) is 0 Å². The van der Waals surface area contributed by atoms with Crippen molar-refractivity contribution in [2.75, 3.05) is 0 Å². The Morgan fingerprint density at radius 2 is 2.18 bits per heavy atom. The zero-order valence-corrected chi connectivity index (χ0v) is 10.2. The highest BCUT2D eigenvalue weighted by molar-refractivity contribution is 6.33. The SMILES string of the molecule is NC1CCc2cnc(-c3ccccc3Cl)n2C1. The molecule has 1 aromatic carbocycles. The lowest BCUT2D eigenvalue weighted by Gasteiger charge is -2.22. The van der Waals surface area contributed by atoms with Crippen LogP contribution < -0.4 is 5.73 Å². The van der Waals surface area contributed by atoms with E-state index in [1.54, 1.807) is 0 Å². The summed E-state index contributed by atoms with van der Waals surface area (Å²) in [5.41, 5.74) is 8.24. The van der Waals surface area contributed by atoms with Crippen LogP contribution in [0.4, 0.5) is 0 Å². The fraction of sp³-hybridized carbons (Fsp3) is 0.308. The van der Waals surface area contributed by atoms with Gasteiger partial charge in [-0.15, -0.1) is 0 Å². The maximum Gasteiger partial charge on any atom is 0.141 e. The molecule has 1 aromatic heterocycles. The van der Waals surface area contributed by atoms with Crippen LogP contribution in [0.1, 0.15) is 12.1 Å². The highest BCUT2D eigenvalue weighted by Gasteiger charge is 2.20. The van der Waals surface area contributed by atoms with Crippen molar-refractivity contribution in [3.8, 4) is 11.4 Å². The third kappa shape index (κ3) is 1.85. The number of nitrogens with zero attached hydrogens (tertiary/aromatic N) is 2. The molecular weight excluding hydrogens is 234 g/mol. The van der Waals surface area contributed by atoms with Gasteiger partial charge in [0.15, 0.2) is 0 Å². The number of hydrogen-bond acceptors (Lipinski definition) is 2. The van der Waals surface area contributed by atoms with Crippen LogP contribution >= 0.6 is 11.6 Å². The first-order valence-electron chi connectivity index (χ1n) is 5.80. The predicted molar refractivity (Wildman–Crippen MR) is 69.0 cm³/mol. The van der Waals surface area contributed by atoms with E-state index in [2.05, 4.69) is 9.55 Å². The van der Waals surface area contributed by atoms with Crippen LogP contribution in [-0.4, -0.2) is 15.6 Å². The van der Waals surface area contributed by atoms with E-state index in [0.29, 0.717) is 0 Å². The first kappa shape index (κ1) is 10.8. The van der Waals surface area contributed by atoms with Crippen molar-refractivity contribution in [2.45, 2.75) is 25.4 Å². The van der Waals surface area contributed by atoms with Gasteiger partial charge in [0.1, 0.15) is 5.82 Å². The minimum atomic E-state index is 0.220. The van der Waals surface area contributed by atoms with Crippen molar-refractivity contribution >= 4 is 11.6 Å². The number of aryl methyl sites for hydroxylation is 1. The Hall–Kier alpha value is -1.32. The van der Waals surface area contributed by atoms with Gasteiger partial charge >= 0.3 is 0 Å². The second kappa shape index (κ2) is 4.17. The van der Waals surface area contributed by atoms with E-state index in [1.165, 1.54) is 5.69 Å². The monoisotopic (exact) mass is 247 g/mol. The Kier molecular flexibility index (Phi) is 2.65. The number of hydrogen-bond donors (Lipinski definition) is 1. The summed E-state index contributed by atoms with van der Waals surface area (Å²) in [5, 5.41) is 0.736. The topological polar surface area (TPSA) is 43.8 Å². The molecule has 17 heavy (non-hydrogen) atoms. The highest BCUT2D eigenvalue weighted by atomic mass is 35.5. The molecule has 0 saturated carbocycles. The van der Waals surface area contributed by atoms with Gasteiger partial charge in [-0.3, -0.25) is 0 Å². The number of nitrogens with two attached hydrogens (primary N) is 1. The van der Waals surface area contributed by atoms with Crippen LogP contribution in [0.25, 0.3) is 11.4 Å². The van der Waals surface area contributed by atoms with E-state index < -0.39 is 0 Å². The third-order valence-electron chi connectivity index (χ3n) is 3.24. The van der Waals surface area contributed by atoms with E-state index in [1.807, 2.05) is 30.5 Å². The Morgan fingerprint density at radius 3 is 3.00 bits per heavy atom. The summed E-state index contributed by atoms with van der Waals surface area (Å²) in [5.74, 6) is 0.931. The van der Waals surface area contributed by atoms with Gasteiger partial charge in [-0.05, 0) is 25.0 Å². The van der Waals surface area contributed by atoms with Gasteiger partial charge in [-0.2, -0.15) is 0 Å². The molecule has 88 valence electrons. The molecule has 3 rings (SSSR count). The third-order valence-corrected chi connectivity index (χ3v) is 3.57. The Morgan fingerprint density at radius 1 is 1.35 bits per heavy atom. The number of imidazole rings is 1. The lowest BCUT2D eigenvalue weighted by Crippen LogP contribution is -2.31. The number of rotatable bonds is 1. The average Bonchev–Trinajstić information content (AvgIpc) is 2.72. The van der Waals surface area contributed by atoms with Gasteiger partial charge < -0.3 is 10.3 Å². The fourth-order valence-electron chi connectivity index (χ4n) is 2.33. The summed E-state index contributed by atoms with van der Waals surface area (Å²) >= 11 is 6.21. The van der Waals surface area contributed by atoms with Crippen molar-refractivity contribution in [1.29, 1.82) is 0 Å². The largest absolute Gasteiger partial charge is 0.327 e. The van der Waals surface area contributed by atoms with E-state index in [0.717, 1.165) is 35.8 Å². The molecule has 0 bridgehead atoms. The molecule has 0 amide bonds. The molecule has 2 aromatic rings. The molecule has 0 aliphatic carbocycles. The van der Waals surface area contributed by atoms with Crippen LogP contribution in [-0.2, 0) is 13.0 Å². The zero-order chi connectivity index (χ0) is 11.8. The van der Waals surface area contributed by atoms with Crippen LogP contribution in [0.2, 0.25) is 5.02 Å². The number of halogens is 1. The second-order valence-corrected chi connectivity index (χ2v) is 4.87. The molecule has 4 heteroatoms. The van der Waals surface area contributed by atoms with Gasteiger partial charge in [0, 0.05) is 30.0 Å².